The molecule has 2 N–H and O–H groups in total. The van der Waals surface area contributed by atoms with Gasteiger partial charge in [0.15, 0.2) is 11.5 Å². The number of para-hydroxylation sites is 2. The summed E-state index contributed by atoms with van der Waals surface area (Å²) in [5.74, 6) is -0.0200. The van der Waals surface area contributed by atoms with Crippen LogP contribution in [-0.4, -0.2) is 24.4 Å². The molecule has 0 aliphatic heterocycles. The number of hydrogen-bond acceptors (Lipinski definition) is 5. The number of anilines is 1. The number of hydrogen-bond donors (Lipinski definition) is 2. The molecule has 0 radical (unpaired) electrons. The predicted octanol–water partition coefficient (Wildman–Crippen LogP) is 5.73. The van der Waals surface area contributed by atoms with Crippen LogP contribution in [0, 0.1) is 0 Å². The summed E-state index contributed by atoms with van der Waals surface area (Å²) in [5.41, 5.74) is 4.74. The number of benzene rings is 3. The fraction of sp³-hybridized carbons (Fsp3) is 0.0909. The van der Waals surface area contributed by atoms with Gasteiger partial charge in [-0.15, -0.1) is 0 Å². The number of methoxy groups -OCH3 is 1. The van der Waals surface area contributed by atoms with E-state index in [1.165, 1.54) is 12.3 Å². The van der Waals surface area contributed by atoms with Crippen LogP contribution in [0.5, 0.6) is 11.5 Å². The molecule has 0 aliphatic carbocycles. The first-order valence-electron chi connectivity index (χ1n) is 8.84. The van der Waals surface area contributed by atoms with Crippen molar-refractivity contribution in [1.82, 2.24) is 0 Å². The highest BCUT2D eigenvalue weighted by molar-refractivity contribution is 6.42. The molecule has 0 saturated heterocycles. The van der Waals surface area contributed by atoms with Crippen LogP contribution in [0.25, 0.3) is 0 Å². The third-order valence-corrected chi connectivity index (χ3v) is 4.88. The fourth-order valence-corrected chi connectivity index (χ4v) is 2.99. The summed E-state index contributed by atoms with van der Waals surface area (Å²) >= 11 is 12.0. The molecule has 6 nitrogen and oxygen atoms in total. The molecule has 3 aromatic rings. The Hall–Kier alpha value is -3.22. The smallest absolute Gasteiger partial charge is 0.337 e. The Morgan fingerprint density at radius 2 is 1.90 bits per heavy atom. The monoisotopic (exact) mass is 444 g/mol. The molecule has 0 bridgehead atoms. The van der Waals surface area contributed by atoms with Crippen molar-refractivity contribution >= 4 is 41.1 Å². The summed E-state index contributed by atoms with van der Waals surface area (Å²) in [7, 11) is 1.55. The maximum Gasteiger partial charge on any atom is 0.337 e. The number of rotatable bonds is 8. The molecule has 3 rings (SSSR count). The molecular formula is C22H18Cl2N2O4. The van der Waals surface area contributed by atoms with E-state index in [1.54, 1.807) is 55.6 Å². The highest BCUT2D eigenvalue weighted by Gasteiger charge is 2.11. The molecular weight excluding hydrogens is 427 g/mol. The molecule has 30 heavy (non-hydrogen) atoms. The molecule has 0 fully saturated rings. The standard InChI is InChI=1S/C22H18Cl2N2O4/c1-29-20-8-4-5-15(12-25-26-19-7-3-2-6-16(19)22(27)28)21(20)30-13-14-9-10-17(23)18(24)11-14/h2-12,26H,13H2,1H3,(H,27,28)/b25-12+. The normalized spacial score (nSPS) is 10.8. The molecule has 0 aliphatic rings. The van der Waals surface area contributed by atoms with Crippen molar-refractivity contribution in [3.8, 4) is 11.5 Å². The quantitative estimate of drug-likeness (QED) is 0.342. The Labute approximate surface area is 183 Å². The van der Waals surface area contributed by atoms with E-state index in [0.29, 0.717) is 32.8 Å². The largest absolute Gasteiger partial charge is 0.493 e. The Kier molecular flexibility index (Phi) is 7.17. The van der Waals surface area contributed by atoms with Gasteiger partial charge in [-0.05, 0) is 42.0 Å². The van der Waals surface area contributed by atoms with Crippen LogP contribution in [0.1, 0.15) is 21.5 Å². The van der Waals surface area contributed by atoms with Gasteiger partial charge in [-0.2, -0.15) is 5.10 Å². The van der Waals surface area contributed by atoms with Crippen molar-refractivity contribution < 1.29 is 19.4 Å². The summed E-state index contributed by atoms with van der Waals surface area (Å²) < 4.78 is 11.4. The maximum absolute atomic E-state index is 11.3. The molecule has 3 aromatic carbocycles. The van der Waals surface area contributed by atoms with Gasteiger partial charge in [0.2, 0.25) is 0 Å². The van der Waals surface area contributed by atoms with Gasteiger partial charge in [-0.3, -0.25) is 5.43 Å². The van der Waals surface area contributed by atoms with E-state index in [0.717, 1.165) is 5.56 Å². The van der Waals surface area contributed by atoms with Crippen molar-refractivity contribution in [2.75, 3.05) is 12.5 Å². The molecule has 0 spiro atoms. The minimum absolute atomic E-state index is 0.122. The molecule has 0 heterocycles. The third kappa shape index (κ3) is 5.23. The van der Waals surface area contributed by atoms with Crippen molar-refractivity contribution in [2.45, 2.75) is 6.61 Å². The number of nitrogens with zero attached hydrogens (tertiary/aromatic N) is 1. The SMILES string of the molecule is COc1cccc(/C=N/Nc2ccccc2C(=O)O)c1OCc1ccc(Cl)c(Cl)c1. The van der Waals surface area contributed by atoms with Gasteiger partial charge in [0, 0.05) is 5.56 Å². The highest BCUT2D eigenvalue weighted by atomic mass is 35.5. The molecule has 0 aromatic heterocycles. The van der Waals surface area contributed by atoms with E-state index >= 15 is 0 Å². The highest BCUT2D eigenvalue weighted by Crippen LogP contribution is 2.31. The van der Waals surface area contributed by atoms with Gasteiger partial charge in [0.1, 0.15) is 6.61 Å². The lowest BCUT2D eigenvalue weighted by atomic mass is 10.2. The Balaban J connectivity index is 1.80. The van der Waals surface area contributed by atoms with Gasteiger partial charge in [-0.1, -0.05) is 47.5 Å². The van der Waals surface area contributed by atoms with Crippen LogP contribution < -0.4 is 14.9 Å². The topological polar surface area (TPSA) is 80.2 Å². The molecule has 0 amide bonds. The zero-order chi connectivity index (χ0) is 21.5. The lowest BCUT2D eigenvalue weighted by molar-refractivity contribution is 0.0698. The predicted molar refractivity (Wildman–Crippen MR) is 118 cm³/mol. The number of nitrogens with one attached hydrogen (secondary N) is 1. The number of carboxylic acid groups (broad SMARTS) is 1. The van der Waals surface area contributed by atoms with Crippen molar-refractivity contribution in [2.24, 2.45) is 5.10 Å². The van der Waals surface area contributed by atoms with Crippen LogP contribution in [-0.2, 0) is 6.61 Å². The second-order valence-electron chi connectivity index (χ2n) is 6.14. The number of aromatic carboxylic acids is 1. The molecule has 0 unspecified atom stereocenters. The van der Waals surface area contributed by atoms with Crippen LogP contribution in [0.4, 0.5) is 5.69 Å². The van der Waals surface area contributed by atoms with Crippen molar-refractivity contribution in [1.29, 1.82) is 0 Å². The summed E-state index contributed by atoms with van der Waals surface area (Å²) in [6, 6.07) is 17.1. The van der Waals surface area contributed by atoms with Crippen molar-refractivity contribution in [3.63, 3.8) is 0 Å². The number of carboxylic acids is 1. The Morgan fingerprint density at radius 3 is 2.63 bits per heavy atom. The van der Waals surface area contributed by atoms with Crippen molar-refractivity contribution in [3.05, 3.63) is 87.4 Å². The maximum atomic E-state index is 11.3. The number of carbonyl (C=O) groups is 1. The Morgan fingerprint density at radius 1 is 1.10 bits per heavy atom. The van der Waals surface area contributed by atoms with E-state index in [2.05, 4.69) is 10.5 Å². The summed E-state index contributed by atoms with van der Waals surface area (Å²) in [5, 5.41) is 14.3. The number of ether oxygens (including phenoxy) is 2. The summed E-state index contributed by atoms with van der Waals surface area (Å²) in [6.07, 6.45) is 1.53. The van der Waals surface area contributed by atoms with E-state index in [1.807, 2.05) is 6.07 Å². The Bertz CT molecular complexity index is 1090. The van der Waals surface area contributed by atoms with Gasteiger partial charge < -0.3 is 14.6 Å². The van der Waals surface area contributed by atoms with Crippen LogP contribution in [0.15, 0.2) is 65.8 Å². The minimum Gasteiger partial charge on any atom is -0.493 e. The second kappa shape index (κ2) is 10.0. The molecule has 0 saturated carbocycles. The van der Waals surface area contributed by atoms with E-state index in [9.17, 15) is 9.90 Å². The van der Waals surface area contributed by atoms with Gasteiger partial charge in [-0.25, -0.2) is 4.79 Å². The minimum atomic E-state index is -1.04. The van der Waals surface area contributed by atoms with E-state index in [-0.39, 0.29) is 12.2 Å². The second-order valence-corrected chi connectivity index (χ2v) is 6.95. The lowest BCUT2D eigenvalue weighted by Crippen LogP contribution is -2.03. The average molecular weight is 445 g/mol. The lowest BCUT2D eigenvalue weighted by Gasteiger charge is -2.13. The first-order chi connectivity index (χ1) is 14.5. The number of hydrazone groups is 1. The first-order valence-corrected chi connectivity index (χ1v) is 9.60. The van der Waals surface area contributed by atoms with Gasteiger partial charge >= 0.3 is 5.97 Å². The summed E-state index contributed by atoms with van der Waals surface area (Å²) in [4.78, 5) is 11.3. The van der Waals surface area contributed by atoms with Crippen LogP contribution in [0.3, 0.4) is 0 Å². The molecule has 154 valence electrons. The van der Waals surface area contributed by atoms with E-state index < -0.39 is 5.97 Å². The molecule has 8 heteroatoms. The number of halogens is 2. The molecule has 0 atom stereocenters. The van der Waals surface area contributed by atoms with Crippen LogP contribution in [0.2, 0.25) is 10.0 Å². The zero-order valence-corrected chi connectivity index (χ0v) is 17.4. The average Bonchev–Trinajstić information content (AvgIpc) is 2.75. The van der Waals surface area contributed by atoms with E-state index in [4.69, 9.17) is 32.7 Å². The third-order valence-electron chi connectivity index (χ3n) is 4.14. The zero-order valence-electron chi connectivity index (χ0n) is 15.9. The van der Waals surface area contributed by atoms with Crippen LogP contribution >= 0.6 is 23.2 Å². The van der Waals surface area contributed by atoms with Gasteiger partial charge in [0.25, 0.3) is 0 Å². The fourth-order valence-electron chi connectivity index (χ4n) is 2.67. The summed E-state index contributed by atoms with van der Waals surface area (Å²) in [6.45, 7) is 0.243. The first kappa shape index (κ1) is 21.5. The van der Waals surface area contributed by atoms with Gasteiger partial charge in [0.05, 0.1) is 34.6 Å².